The fraction of sp³-hybridized carbons (Fsp3) is 0.188. The number of methoxy groups -OCH3 is 2. The molecule has 0 aliphatic carbocycles. The zero-order chi connectivity index (χ0) is 16.8. The van der Waals surface area contributed by atoms with Gasteiger partial charge in [0, 0.05) is 10.5 Å². The highest BCUT2D eigenvalue weighted by Crippen LogP contribution is 2.35. The summed E-state index contributed by atoms with van der Waals surface area (Å²) in [4.78, 5) is 12.0. The topological polar surface area (TPSA) is 56.8 Å². The van der Waals surface area contributed by atoms with Crippen LogP contribution >= 0.6 is 27.5 Å². The monoisotopic (exact) mass is 399 g/mol. The Labute approximate surface area is 147 Å². The molecule has 2 aromatic rings. The quantitative estimate of drug-likeness (QED) is 0.792. The van der Waals surface area contributed by atoms with E-state index >= 15 is 0 Å². The van der Waals surface area contributed by atoms with Crippen molar-refractivity contribution in [2.45, 2.75) is 0 Å². The maximum atomic E-state index is 12.0. The molecule has 0 spiro atoms. The van der Waals surface area contributed by atoms with Crippen LogP contribution in [0.15, 0.2) is 40.9 Å². The highest BCUT2D eigenvalue weighted by atomic mass is 79.9. The molecule has 0 aliphatic heterocycles. The van der Waals surface area contributed by atoms with E-state index in [2.05, 4.69) is 21.2 Å². The van der Waals surface area contributed by atoms with Crippen molar-refractivity contribution in [2.75, 3.05) is 26.1 Å². The van der Waals surface area contributed by atoms with Crippen LogP contribution in [0, 0.1) is 0 Å². The minimum absolute atomic E-state index is 0.136. The first-order chi connectivity index (χ1) is 11.0. The average Bonchev–Trinajstić information content (AvgIpc) is 2.53. The number of anilines is 1. The van der Waals surface area contributed by atoms with E-state index in [0.29, 0.717) is 28.0 Å². The molecule has 7 heteroatoms. The van der Waals surface area contributed by atoms with Gasteiger partial charge in [-0.05, 0) is 24.3 Å². The summed E-state index contributed by atoms with van der Waals surface area (Å²) in [7, 11) is 3.00. The van der Waals surface area contributed by atoms with Gasteiger partial charge in [-0.25, -0.2) is 0 Å². The van der Waals surface area contributed by atoms with E-state index < -0.39 is 0 Å². The van der Waals surface area contributed by atoms with Gasteiger partial charge in [0.15, 0.2) is 6.61 Å². The third kappa shape index (κ3) is 4.77. The number of halogens is 2. The molecule has 1 N–H and O–H groups in total. The number of ether oxygens (including phenoxy) is 3. The summed E-state index contributed by atoms with van der Waals surface area (Å²) < 4.78 is 16.6. The Kier molecular flexibility index (Phi) is 6.12. The molecule has 0 aliphatic rings. The summed E-state index contributed by atoms with van der Waals surface area (Å²) in [6.45, 7) is -0.136. The van der Waals surface area contributed by atoms with Crippen LogP contribution in [0.4, 0.5) is 5.69 Å². The molecule has 0 fully saturated rings. The predicted molar refractivity (Wildman–Crippen MR) is 92.8 cm³/mol. The molecule has 0 saturated carbocycles. The van der Waals surface area contributed by atoms with Gasteiger partial charge in [-0.2, -0.15) is 0 Å². The summed E-state index contributed by atoms with van der Waals surface area (Å²) in [5.41, 5.74) is 0.446. The largest absolute Gasteiger partial charge is 0.495 e. The molecule has 0 unspecified atom stereocenters. The summed E-state index contributed by atoms with van der Waals surface area (Å²) in [6.07, 6.45) is 0. The summed E-state index contributed by atoms with van der Waals surface area (Å²) >= 11 is 9.40. The van der Waals surface area contributed by atoms with E-state index in [1.807, 2.05) is 12.1 Å². The number of hydrogen-bond acceptors (Lipinski definition) is 4. The number of carbonyl (C=O) groups excluding carboxylic acids is 1. The first-order valence-corrected chi connectivity index (χ1v) is 7.80. The van der Waals surface area contributed by atoms with Crippen LogP contribution in [0.5, 0.6) is 17.2 Å². The Morgan fingerprint density at radius 1 is 1.17 bits per heavy atom. The van der Waals surface area contributed by atoms with Crippen molar-refractivity contribution in [3.05, 3.63) is 45.9 Å². The molecule has 2 aromatic carbocycles. The fourth-order valence-electron chi connectivity index (χ4n) is 1.85. The second-order valence-electron chi connectivity index (χ2n) is 4.48. The average molecular weight is 401 g/mol. The molecule has 122 valence electrons. The minimum Gasteiger partial charge on any atom is -0.495 e. The van der Waals surface area contributed by atoms with E-state index in [9.17, 15) is 4.79 Å². The van der Waals surface area contributed by atoms with E-state index in [4.69, 9.17) is 25.8 Å². The SMILES string of the molecule is COc1cc(OC)c(NC(=O)COc2cccc(Br)c2)cc1Cl. The lowest BCUT2D eigenvalue weighted by Crippen LogP contribution is -2.20. The standard InChI is InChI=1S/C16H15BrClNO4/c1-21-14-8-15(22-2)13(7-12(14)18)19-16(20)9-23-11-5-3-4-10(17)6-11/h3-8H,9H2,1-2H3,(H,19,20). The molecule has 0 heterocycles. The lowest BCUT2D eigenvalue weighted by molar-refractivity contribution is -0.118. The number of amides is 1. The van der Waals surface area contributed by atoms with Crippen LogP contribution in [0.2, 0.25) is 5.02 Å². The van der Waals surface area contributed by atoms with Gasteiger partial charge in [-0.3, -0.25) is 4.79 Å². The van der Waals surface area contributed by atoms with Gasteiger partial charge in [0.1, 0.15) is 17.2 Å². The van der Waals surface area contributed by atoms with Gasteiger partial charge < -0.3 is 19.5 Å². The second kappa shape index (κ2) is 8.08. The van der Waals surface area contributed by atoms with Crippen LogP contribution in [0.3, 0.4) is 0 Å². The Hall–Kier alpha value is -1.92. The van der Waals surface area contributed by atoms with Crippen molar-refractivity contribution in [1.29, 1.82) is 0 Å². The van der Waals surface area contributed by atoms with Gasteiger partial charge in [-0.15, -0.1) is 0 Å². The number of carbonyl (C=O) groups is 1. The van der Waals surface area contributed by atoms with Gasteiger partial charge in [0.05, 0.1) is 24.9 Å². The fourth-order valence-corrected chi connectivity index (χ4v) is 2.47. The van der Waals surface area contributed by atoms with Crippen molar-refractivity contribution in [2.24, 2.45) is 0 Å². The number of hydrogen-bond donors (Lipinski definition) is 1. The van der Waals surface area contributed by atoms with E-state index in [1.54, 1.807) is 24.3 Å². The molecular weight excluding hydrogens is 386 g/mol. The Morgan fingerprint density at radius 2 is 1.91 bits per heavy atom. The molecular formula is C16H15BrClNO4. The van der Waals surface area contributed by atoms with Crippen molar-refractivity contribution < 1.29 is 19.0 Å². The van der Waals surface area contributed by atoms with Crippen molar-refractivity contribution in [3.8, 4) is 17.2 Å². The first-order valence-electron chi connectivity index (χ1n) is 6.63. The van der Waals surface area contributed by atoms with Gasteiger partial charge >= 0.3 is 0 Å². The predicted octanol–water partition coefficient (Wildman–Crippen LogP) is 4.14. The smallest absolute Gasteiger partial charge is 0.262 e. The van der Waals surface area contributed by atoms with Crippen LogP contribution in [0.1, 0.15) is 0 Å². The number of nitrogens with one attached hydrogen (secondary N) is 1. The van der Waals surface area contributed by atoms with E-state index in [0.717, 1.165) is 4.47 Å². The van der Waals surface area contributed by atoms with Crippen LogP contribution in [0.25, 0.3) is 0 Å². The van der Waals surface area contributed by atoms with Gasteiger partial charge in [0.2, 0.25) is 0 Å². The van der Waals surface area contributed by atoms with Gasteiger partial charge in [0.25, 0.3) is 5.91 Å². The van der Waals surface area contributed by atoms with Crippen molar-refractivity contribution in [1.82, 2.24) is 0 Å². The molecule has 0 saturated heterocycles. The summed E-state index contributed by atoms with van der Waals surface area (Å²) in [5, 5.41) is 3.07. The van der Waals surface area contributed by atoms with Crippen LogP contribution < -0.4 is 19.5 Å². The molecule has 0 bridgehead atoms. The van der Waals surface area contributed by atoms with Crippen molar-refractivity contribution >= 4 is 39.1 Å². The molecule has 5 nitrogen and oxygen atoms in total. The maximum absolute atomic E-state index is 12.0. The Morgan fingerprint density at radius 3 is 2.57 bits per heavy atom. The zero-order valence-corrected chi connectivity index (χ0v) is 14.9. The lowest BCUT2D eigenvalue weighted by atomic mass is 10.2. The molecule has 0 radical (unpaired) electrons. The van der Waals surface area contributed by atoms with E-state index in [1.165, 1.54) is 14.2 Å². The molecule has 1 amide bonds. The maximum Gasteiger partial charge on any atom is 0.262 e. The van der Waals surface area contributed by atoms with Crippen molar-refractivity contribution in [3.63, 3.8) is 0 Å². The Balaban J connectivity index is 2.03. The molecule has 2 rings (SSSR count). The molecule has 23 heavy (non-hydrogen) atoms. The normalized spacial score (nSPS) is 10.1. The second-order valence-corrected chi connectivity index (χ2v) is 5.80. The first kappa shape index (κ1) is 17.4. The highest BCUT2D eigenvalue weighted by molar-refractivity contribution is 9.10. The van der Waals surface area contributed by atoms with Crippen LogP contribution in [-0.2, 0) is 4.79 Å². The van der Waals surface area contributed by atoms with Crippen LogP contribution in [-0.4, -0.2) is 26.7 Å². The number of benzene rings is 2. The zero-order valence-electron chi connectivity index (χ0n) is 12.6. The van der Waals surface area contributed by atoms with E-state index in [-0.39, 0.29) is 12.5 Å². The highest BCUT2D eigenvalue weighted by Gasteiger charge is 2.13. The summed E-state index contributed by atoms with van der Waals surface area (Å²) in [5.74, 6) is 1.17. The third-order valence-electron chi connectivity index (χ3n) is 2.91. The molecule has 0 aromatic heterocycles. The Bertz CT molecular complexity index is 708. The summed E-state index contributed by atoms with van der Waals surface area (Å²) in [6, 6.07) is 10.4. The lowest BCUT2D eigenvalue weighted by Gasteiger charge is -2.13. The number of rotatable bonds is 6. The molecule has 0 atom stereocenters. The minimum atomic E-state index is -0.329. The van der Waals surface area contributed by atoms with Gasteiger partial charge in [-0.1, -0.05) is 33.6 Å². The third-order valence-corrected chi connectivity index (χ3v) is 3.70.